The number of fused-ring (bicyclic) bond motifs is 1. The summed E-state index contributed by atoms with van der Waals surface area (Å²) in [6.07, 6.45) is 0.459. The molecule has 2 aromatic carbocycles. The van der Waals surface area contributed by atoms with Crippen LogP contribution >= 0.6 is 23.2 Å². The SMILES string of the molecule is CC(OC(=O)CNS(=O)(=O)c1ccc(Cl)c(Cl)c1)C(=O)c1c[nH]c2ccccc12. The molecular formula is C19H16Cl2N2O5S. The van der Waals surface area contributed by atoms with Crippen molar-refractivity contribution in [2.24, 2.45) is 0 Å². The van der Waals surface area contributed by atoms with E-state index < -0.39 is 34.4 Å². The van der Waals surface area contributed by atoms with E-state index in [0.29, 0.717) is 10.9 Å². The van der Waals surface area contributed by atoms with Crippen LogP contribution in [0.2, 0.25) is 10.0 Å². The number of rotatable bonds is 7. The van der Waals surface area contributed by atoms with Gasteiger partial charge in [0.25, 0.3) is 0 Å². The highest BCUT2D eigenvalue weighted by Crippen LogP contribution is 2.24. The van der Waals surface area contributed by atoms with Crippen molar-refractivity contribution < 1.29 is 22.7 Å². The molecule has 0 aliphatic heterocycles. The van der Waals surface area contributed by atoms with Crippen LogP contribution in [-0.4, -0.2) is 37.8 Å². The number of ketones is 1. The van der Waals surface area contributed by atoms with E-state index >= 15 is 0 Å². The monoisotopic (exact) mass is 454 g/mol. The minimum Gasteiger partial charge on any atom is -0.453 e. The molecule has 0 saturated carbocycles. The fourth-order valence-corrected chi connectivity index (χ4v) is 4.03. The molecule has 0 spiro atoms. The zero-order valence-electron chi connectivity index (χ0n) is 15.1. The maximum atomic E-state index is 12.6. The molecule has 7 nitrogen and oxygen atoms in total. The number of esters is 1. The number of carbonyl (C=O) groups is 2. The molecule has 3 aromatic rings. The van der Waals surface area contributed by atoms with E-state index in [1.807, 2.05) is 12.1 Å². The van der Waals surface area contributed by atoms with Crippen LogP contribution in [0.15, 0.2) is 53.6 Å². The molecule has 0 aliphatic rings. The van der Waals surface area contributed by atoms with Crippen LogP contribution in [0.1, 0.15) is 17.3 Å². The van der Waals surface area contributed by atoms with Gasteiger partial charge in [0.15, 0.2) is 6.10 Å². The summed E-state index contributed by atoms with van der Waals surface area (Å²) in [6.45, 7) is 0.781. The van der Waals surface area contributed by atoms with Crippen molar-refractivity contribution in [3.05, 3.63) is 64.3 Å². The van der Waals surface area contributed by atoms with E-state index in [4.69, 9.17) is 27.9 Å². The molecule has 1 aromatic heterocycles. The Labute approximate surface area is 177 Å². The zero-order valence-corrected chi connectivity index (χ0v) is 17.4. The molecule has 2 N–H and O–H groups in total. The lowest BCUT2D eigenvalue weighted by atomic mass is 10.1. The number of ether oxygens (including phenoxy) is 1. The normalized spacial score (nSPS) is 12.7. The summed E-state index contributed by atoms with van der Waals surface area (Å²) in [4.78, 5) is 27.4. The second-order valence-corrected chi connectivity index (χ2v) is 8.73. The predicted molar refractivity (Wildman–Crippen MR) is 110 cm³/mol. The first-order chi connectivity index (χ1) is 13.7. The molecule has 0 bridgehead atoms. The van der Waals surface area contributed by atoms with Gasteiger partial charge in [0.2, 0.25) is 15.8 Å². The highest BCUT2D eigenvalue weighted by Gasteiger charge is 2.23. The molecule has 10 heteroatoms. The number of carbonyl (C=O) groups excluding carboxylic acids is 2. The lowest BCUT2D eigenvalue weighted by Crippen LogP contribution is -2.34. The Morgan fingerprint density at radius 3 is 2.59 bits per heavy atom. The van der Waals surface area contributed by atoms with Crippen LogP contribution in [-0.2, 0) is 19.6 Å². The van der Waals surface area contributed by atoms with Crippen LogP contribution in [0, 0.1) is 0 Å². The largest absolute Gasteiger partial charge is 0.453 e. The summed E-state index contributed by atoms with van der Waals surface area (Å²) in [5, 5.41) is 0.977. The molecule has 0 amide bonds. The fourth-order valence-electron chi connectivity index (χ4n) is 2.67. The number of sulfonamides is 1. The summed E-state index contributed by atoms with van der Waals surface area (Å²) in [5.74, 6) is -1.29. The van der Waals surface area contributed by atoms with Gasteiger partial charge in [-0.15, -0.1) is 0 Å². The van der Waals surface area contributed by atoms with Crippen LogP contribution in [0.4, 0.5) is 0 Å². The summed E-state index contributed by atoms with van der Waals surface area (Å²) in [6, 6.07) is 11.0. The predicted octanol–water partition coefficient (Wildman–Crippen LogP) is 3.57. The molecular weight excluding hydrogens is 439 g/mol. The number of Topliss-reactive ketones (excluding diaryl/α,β-unsaturated/α-hetero) is 1. The van der Waals surface area contributed by atoms with Crippen molar-refractivity contribution in [2.75, 3.05) is 6.54 Å². The summed E-state index contributed by atoms with van der Waals surface area (Å²) in [7, 11) is -4.01. The van der Waals surface area contributed by atoms with E-state index in [2.05, 4.69) is 9.71 Å². The lowest BCUT2D eigenvalue weighted by Gasteiger charge is -2.13. The summed E-state index contributed by atoms with van der Waals surface area (Å²) in [5.41, 5.74) is 1.17. The fraction of sp³-hybridized carbons (Fsp3) is 0.158. The van der Waals surface area contributed by atoms with Gasteiger partial charge in [0, 0.05) is 22.7 Å². The molecule has 1 atom stereocenters. The van der Waals surface area contributed by atoms with E-state index in [-0.39, 0.29) is 14.9 Å². The van der Waals surface area contributed by atoms with E-state index in [1.165, 1.54) is 25.1 Å². The van der Waals surface area contributed by atoms with Gasteiger partial charge in [0.1, 0.15) is 6.54 Å². The summed E-state index contributed by atoms with van der Waals surface area (Å²) >= 11 is 11.6. The van der Waals surface area contributed by atoms with Crippen molar-refractivity contribution in [3.8, 4) is 0 Å². The second-order valence-electron chi connectivity index (χ2n) is 6.14. The summed E-state index contributed by atoms with van der Waals surface area (Å²) < 4.78 is 31.7. The number of hydrogen-bond donors (Lipinski definition) is 2. The van der Waals surface area contributed by atoms with Gasteiger partial charge in [-0.2, -0.15) is 4.72 Å². The third kappa shape index (κ3) is 4.79. The molecule has 1 heterocycles. The number of hydrogen-bond acceptors (Lipinski definition) is 5. The molecule has 1 unspecified atom stereocenters. The second kappa shape index (κ2) is 8.54. The Kier molecular flexibility index (Phi) is 6.28. The van der Waals surface area contributed by atoms with Crippen molar-refractivity contribution in [2.45, 2.75) is 17.9 Å². The zero-order chi connectivity index (χ0) is 21.2. The van der Waals surface area contributed by atoms with Crippen molar-refractivity contribution in [3.63, 3.8) is 0 Å². The molecule has 3 rings (SSSR count). The Morgan fingerprint density at radius 2 is 1.86 bits per heavy atom. The van der Waals surface area contributed by atoms with Crippen molar-refractivity contribution in [1.82, 2.24) is 9.71 Å². The molecule has 152 valence electrons. The van der Waals surface area contributed by atoms with Gasteiger partial charge >= 0.3 is 5.97 Å². The smallest absolute Gasteiger partial charge is 0.321 e. The molecule has 0 radical (unpaired) electrons. The van der Waals surface area contributed by atoms with E-state index in [0.717, 1.165) is 5.52 Å². The van der Waals surface area contributed by atoms with Crippen LogP contribution in [0.3, 0.4) is 0 Å². The Hall–Kier alpha value is -2.39. The van der Waals surface area contributed by atoms with Gasteiger partial charge in [-0.3, -0.25) is 9.59 Å². The average molecular weight is 455 g/mol. The van der Waals surface area contributed by atoms with Crippen molar-refractivity contribution in [1.29, 1.82) is 0 Å². The number of halogens is 2. The van der Waals surface area contributed by atoms with Crippen LogP contribution in [0.25, 0.3) is 10.9 Å². The number of benzene rings is 2. The van der Waals surface area contributed by atoms with Gasteiger partial charge < -0.3 is 9.72 Å². The first-order valence-corrected chi connectivity index (χ1v) is 10.7. The average Bonchev–Trinajstić information content (AvgIpc) is 3.12. The Balaban J connectivity index is 1.62. The van der Waals surface area contributed by atoms with Crippen molar-refractivity contribution >= 4 is 55.9 Å². The quantitative estimate of drug-likeness (QED) is 0.419. The third-order valence-corrected chi connectivity index (χ3v) is 6.28. The van der Waals surface area contributed by atoms with Gasteiger partial charge in [-0.05, 0) is 31.2 Å². The number of H-pyrrole nitrogens is 1. The number of nitrogens with one attached hydrogen (secondary N) is 2. The highest BCUT2D eigenvalue weighted by atomic mass is 35.5. The van der Waals surface area contributed by atoms with Crippen LogP contribution < -0.4 is 4.72 Å². The maximum absolute atomic E-state index is 12.6. The lowest BCUT2D eigenvalue weighted by molar-refractivity contribution is -0.144. The minimum atomic E-state index is -4.01. The van der Waals surface area contributed by atoms with Gasteiger partial charge in [0.05, 0.1) is 14.9 Å². The Bertz CT molecular complexity index is 1190. The van der Waals surface area contributed by atoms with E-state index in [9.17, 15) is 18.0 Å². The first kappa shape index (κ1) is 21.3. The number of aromatic amines is 1. The van der Waals surface area contributed by atoms with Crippen LogP contribution in [0.5, 0.6) is 0 Å². The number of aromatic nitrogens is 1. The maximum Gasteiger partial charge on any atom is 0.321 e. The third-order valence-electron chi connectivity index (χ3n) is 4.14. The highest BCUT2D eigenvalue weighted by molar-refractivity contribution is 7.89. The first-order valence-electron chi connectivity index (χ1n) is 8.43. The molecule has 0 saturated heterocycles. The molecule has 29 heavy (non-hydrogen) atoms. The minimum absolute atomic E-state index is 0.0649. The standard InChI is InChI=1S/C19H16Cl2N2O5S/c1-11(19(25)14-9-22-17-5-3-2-4-13(14)17)28-18(24)10-23-29(26,27)12-6-7-15(20)16(21)8-12/h2-9,11,22-23H,10H2,1H3. The Morgan fingerprint density at radius 1 is 1.14 bits per heavy atom. The van der Waals surface area contributed by atoms with Gasteiger partial charge in [-0.1, -0.05) is 41.4 Å². The number of para-hydroxylation sites is 1. The van der Waals surface area contributed by atoms with Gasteiger partial charge in [-0.25, -0.2) is 8.42 Å². The molecule has 0 aliphatic carbocycles. The topological polar surface area (TPSA) is 105 Å². The molecule has 0 fully saturated rings. The van der Waals surface area contributed by atoms with E-state index in [1.54, 1.807) is 18.3 Å².